The summed E-state index contributed by atoms with van der Waals surface area (Å²) in [6, 6.07) is 1.27. The van der Waals surface area contributed by atoms with Gasteiger partial charge >= 0.3 is 5.97 Å². The Morgan fingerprint density at radius 3 is 2.67 bits per heavy atom. The second-order valence-corrected chi connectivity index (χ2v) is 6.44. The maximum Gasteiger partial charge on any atom is 0.354 e. The fourth-order valence-corrected chi connectivity index (χ4v) is 3.26. The van der Waals surface area contributed by atoms with Gasteiger partial charge in [-0.25, -0.2) is 23.2 Å². The van der Waals surface area contributed by atoms with Crippen molar-refractivity contribution in [2.24, 2.45) is 0 Å². The third-order valence-electron chi connectivity index (χ3n) is 2.76. The van der Waals surface area contributed by atoms with Crippen LogP contribution in [0.25, 0.3) is 0 Å². The second-order valence-electron chi connectivity index (χ2n) is 4.14. The Kier molecular flexibility index (Phi) is 3.46. The van der Waals surface area contributed by atoms with Gasteiger partial charge in [0.15, 0.2) is 5.69 Å². The largest absolute Gasteiger partial charge is 0.477 e. The average molecular weight is 271 g/mol. The average Bonchev–Trinajstić information content (AvgIpc) is 2.32. The molecule has 7 nitrogen and oxygen atoms in total. The molecule has 1 aromatic rings. The van der Waals surface area contributed by atoms with E-state index in [4.69, 9.17) is 5.11 Å². The first kappa shape index (κ1) is 12.7. The first-order valence-electron chi connectivity index (χ1n) is 5.49. The molecule has 1 fully saturated rings. The summed E-state index contributed by atoms with van der Waals surface area (Å²) in [6.07, 6.45) is 2.34. The van der Waals surface area contributed by atoms with Gasteiger partial charge in [0.1, 0.15) is 9.84 Å². The van der Waals surface area contributed by atoms with E-state index in [-0.39, 0.29) is 29.2 Å². The van der Waals surface area contributed by atoms with Crippen LogP contribution in [0.1, 0.15) is 23.3 Å². The van der Waals surface area contributed by atoms with Crippen molar-refractivity contribution in [3.63, 3.8) is 0 Å². The van der Waals surface area contributed by atoms with Gasteiger partial charge in [0.2, 0.25) is 5.95 Å². The lowest BCUT2D eigenvalue weighted by Crippen LogP contribution is -2.32. The molecule has 2 heterocycles. The van der Waals surface area contributed by atoms with Crippen LogP contribution in [0.2, 0.25) is 0 Å². The summed E-state index contributed by atoms with van der Waals surface area (Å²) in [5.41, 5.74) is -0.0871. The van der Waals surface area contributed by atoms with Gasteiger partial charge in [-0.1, -0.05) is 0 Å². The number of hydrogen-bond acceptors (Lipinski definition) is 6. The molecule has 1 saturated heterocycles. The van der Waals surface area contributed by atoms with Gasteiger partial charge in [0.05, 0.1) is 11.5 Å². The summed E-state index contributed by atoms with van der Waals surface area (Å²) < 4.78 is 22.5. The number of anilines is 1. The number of carboxylic acid groups (broad SMARTS) is 1. The Balaban J connectivity index is 2.02. The summed E-state index contributed by atoms with van der Waals surface area (Å²) in [7, 11) is -2.90. The quantitative estimate of drug-likeness (QED) is 0.806. The lowest BCUT2D eigenvalue weighted by atomic mass is 10.2. The minimum absolute atomic E-state index is 0.0300. The second kappa shape index (κ2) is 4.89. The first-order chi connectivity index (χ1) is 8.46. The van der Waals surface area contributed by atoms with Crippen LogP contribution in [0.3, 0.4) is 0 Å². The van der Waals surface area contributed by atoms with E-state index in [2.05, 4.69) is 15.3 Å². The normalized spacial score (nSPS) is 19.3. The number of carbonyl (C=O) groups is 1. The number of hydrogen-bond donors (Lipinski definition) is 2. The van der Waals surface area contributed by atoms with Crippen molar-refractivity contribution < 1.29 is 18.3 Å². The molecule has 0 amide bonds. The molecule has 0 radical (unpaired) electrons. The standard InChI is InChI=1S/C10H13N3O4S/c14-9(15)8-1-4-11-10(13-8)12-7-2-5-18(16,17)6-3-7/h1,4,7H,2-3,5-6H2,(H,14,15)(H,11,12,13). The number of aromatic nitrogens is 2. The van der Waals surface area contributed by atoms with Crippen LogP contribution >= 0.6 is 0 Å². The Labute approximate surface area is 104 Å². The monoisotopic (exact) mass is 271 g/mol. The zero-order valence-electron chi connectivity index (χ0n) is 9.54. The van der Waals surface area contributed by atoms with Crippen LogP contribution in [0.5, 0.6) is 0 Å². The van der Waals surface area contributed by atoms with Gasteiger partial charge in [0.25, 0.3) is 0 Å². The molecule has 0 atom stereocenters. The van der Waals surface area contributed by atoms with E-state index in [0.717, 1.165) is 0 Å². The van der Waals surface area contributed by atoms with Gasteiger partial charge in [-0.2, -0.15) is 0 Å². The molecule has 0 aromatic carbocycles. The van der Waals surface area contributed by atoms with Crippen molar-refractivity contribution in [2.45, 2.75) is 18.9 Å². The fourth-order valence-electron chi connectivity index (χ4n) is 1.76. The molecular weight excluding hydrogens is 258 g/mol. The van der Waals surface area contributed by atoms with Gasteiger partial charge in [0, 0.05) is 12.2 Å². The van der Waals surface area contributed by atoms with Crippen LogP contribution < -0.4 is 5.32 Å². The van der Waals surface area contributed by atoms with Crippen LogP contribution in [0, 0.1) is 0 Å². The number of sulfone groups is 1. The zero-order chi connectivity index (χ0) is 13.2. The Morgan fingerprint density at radius 2 is 2.06 bits per heavy atom. The van der Waals surface area contributed by atoms with Crippen LogP contribution in [0.4, 0.5) is 5.95 Å². The molecule has 1 aliphatic heterocycles. The highest BCUT2D eigenvalue weighted by Gasteiger charge is 2.24. The van der Waals surface area contributed by atoms with E-state index >= 15 is 0 Å². The molecule has 0 unspecified atom stereocenters. The van der Waals surface area contributed by atoms with Crippen molar-refractivity contribution in [3.05, 3.63) is 18.0 Å². The van der Waals surface area contributed by atoms with E-state index in [1.54, 1.807) is 0 Å². The van der Waals surface area contributed by atoms with Crippen LogP contribution in [-0.2, 0) is 9.84 Å². The molecule has 0 bridgehead atoms. The third-order valence-corrected chi connectivity index (χ3v) is 4.48. The van der Waals surface area contributed by atoms with E-state index in [1.165, 1.54) is 12.3 Å². The van der Waals surface area contributed by atoms with Crippen molar-refractivity contribution in [1.82, 2.24) is 9.97 Å². The van der Waals surface area contributed by atoms with Crippen molar-refractivity contribution in [2.75, 3.05) is 16.8 Å². The fraction of sp³-hybridized carbons (Fsp3) is 0.500. The van der Waals surface area contributed by atoms with Gasteiger partial charge < -0.3 is 10.4 Å². The number of nitrogens with one attached hydrogen (secondary N) is 1. The summed E-state index contributed by atoms with van der Waals surface area (Å²) in [5, 5.41) is 11.8. The Bertz CT molecular complexity index is 544. The molecule has 0 saturated carbocycles. The number of aromatic carboxylic acids is 1. The van der Waals surface area contributed by atoms with Crippen LogP contribution in [0.15, 0.2) is 12.3 Å². The topological polar surface area (TPSA) is 109 Å². The predicted octanol–water partition coefficient (Wildman–Crippen LogP) is 0.164. The van der Waals surface area contributed by atoms with E-state index < -0.39 is 15.8 Å². The number of rotatable bonds is 3. The Morgan fingerprint density at radius 1 is 1.39 bits per heavy atom. The summed E-state index contributed by atoms with van der Waals surface area (Å²) in [4.78, 5) is 18.5. The molecule has 98 valence electrons. The Hall–Kier alpha value is -1.70. The lowest BCUT2D eigenvalue weighted by molar-refractivity contribution is 0.0690. The molecule has 2 N–H and O–H groups in total. The highest BCUT2D eigenvalue weighted by atomic mass is 32.2. The summed E-state index contributed by atoms with van der Waals surface area (Å²) >= 11 is 0. The maximum atomic E-state index is 11.3. The third kappa shape index (κ3) is 3.16. The number of nitrogens with zero attached hydrogens (tertiary/aromatic N) is 2. The summed E-state index contributed by atoms with van der Waals surface area (Å²) in [6.45, 7) is 0. The smallest absolute Gasteiger partial charge is 0.354 e. The first-order valence-corrected chi connectivity index (χ1v) is 7.32. The molecule has 0 spiro atoms. The highest BCUT2D eigenvalue weighted by molar-refractivity contribution is 7.91. The van der Waals surface area contributed by atoms with Crippen LogP contribution in [-0.4, -0.2) is 47.0 Å². The summed E-state index contributed by atoms with van der Waals surface area (Å²) in [5.74, 6) is -0.613. The minimum atomic E-state index is -2.90. The van der Waals surface area contributed by atoms with E-state index in [0.29, 0.717) is 12.8 Å². The molecule has 0 aliphatic carbocycles. The molecule has 1 aromatic heterocycles. The maximum absolute atomic E-state index is 11.3. The molecule has 8 heteroatoms. The molecule has 2 rings (SSSR count). The van der Waals surface area contributed by atoms with E-state index in [9.17, 15) is 13.2 Å². The van der Waals surface area contributed by atoms with Gasteiger partial charge in [-0.15, -0.1) is 0 Å². The minimum Gasteiger partial charge on any atom is -0.477 e. The zero-order valence-corrected chi connectivity index (χ0v) is 10.4. The number of carboxylic acids is 1. The molecule has 1 aliphatic rings. The molecular formula is C10H13N3O4S. The van der Waals surface area contributed by atoms with Crippen molar-refractivity contribution in [1.29, 1.82) is 0 Å². The van der Waals surface area contributed by atoms with Crippen molar-refractivity contribution in [3.8, 4) is 0 Å². The van der Waals surface area contributed by atoms with Gasteiger partial charge in [-0.05, 0) is 18.9 Å². The lowest BCUT2D eigenvalue weighted by Gasteiger charge is -2.22. The van der Waals surface area contributed by atoms with E-state index in [1.807, 2.05) is 0 Å². The highest BCUT2D eigenvalue weighted by Crippen LogP contribution is 2.15. The predicted molar refractivity (Wildman–Crippen MR) is 64.3 cm³/mol. The van der Waals surface area contributed by atoms with Gasteiger partial charge in [-0.3, -0.25) is 0 Å². The SMILES string of the molecule is O=C(O)c1ccnc(NC2CCS(=O)(=O)CC2)n1. The van der Waals surface area contributed by atoms with Crippen molar-refractivity contribution >= 4 is 21.8 Å². The molecule has 18 heavy (non-hydrogen) atoms.